The number of nitrogens with two attached hydrogens (primary N) is 1. The van der Waals surface area contributed by atoms with Gasteiger partial charge in [-0.05, 0) is 31.4 Å². The van der Waals surface area contributed by atoms with Crippen LogP contribution in [-0.4, -0.2) is 23.6 Å². The molecule has 1 aliphatic heterocycles. The third kappa shape index (κ3) is 3.16. The second-order valence-electron chi connectivity index (χ2n) is 5.10. The van der Waals surface area contributed by atoms with Crippen LogP contribution in [0, 0.1) is 12.8 Å². The first-order chi connectivity index (χ1) is 9.52. The van der Waals surface area contributed by atoms with Crippen LogP contribution in [0.1, 0.15) is 30.9 Å². The van der Waals surface area contributed by atoms with E-state index in [1.807, 2.05) is 32.0 Å². The van der Waals surface area contributed by atoms with E-state index in [9.17, 15) is 4.79 Å². The molecule has 108 valence electrons. The second-order valence-corrected chi connectivity index (χ2v) is 5.54. The molecule has 1 aromatic rings. The van der Waals surface area contributed by atoms with Gasteiger partial charge in [-0.1, -0.05) is 31.3 Å². The normalized spacial score (nSPS) is 21.7. The Morgan fingerprint density at radius 2 is 2.30 bits per heavy atom. The Morgan fingerprint density at radius 3 is 2.95 bits per heavy atom. The van der Waals surface area contributed by atoms with E-state index in [2.05, 4.69) is 5.32 Å². The molecule has 2 rings (SSSR count). The third-order valence-corrected chi connectivity index (χ3v) is 3.96. The molecule has 0 aromatic heterocycles. The molecule has 1 aliphatic rings. The zero-order valence-electron chi connectivity index (χ0n) is 11.8. The van der Waals surface area contributed by atoms with Gasteiger partial charge in [0.2, 0.25) is 5.91 Å². The van der Waals surface area contributed by atoms with E-state index in [0.717, 1.165) is 29.7 Å². The summed E-state index contributed by atoms with van der Waals surface area (Å²) in [5.74, 6) is -0.0644. The van der Waals surface area contributed by atoms with Crippen molar-refractivity contribution in [3.05, 3.63) is 29.3 Å². The summed E-state index contributed by atoms with van der Waals surface area (Å²) in [7, 11) is 0. The Morgan fingerprint density at radius 1 is 1.55 bits per heavy atom. The highest BCUT2D eigenvalue weighted by Crippen LogP contribution is 2.26. The van der Waals surface area contributed by atoms with Crippen LogP contribution in [0.2, 0.25) is 0 Å². The van der Waals surface area contributed by atoms with Gasteiger partial charge in [-0.2, -0.15) is 0 Å². The highest BCUT2D eigenvalue weighted by molar-refractivity contribution is 7.80. The lowest BCUT2D eigenvalue weighted by Gasteiger charge is -2.17. The second kappa shape index (κ2) is 6.33. The monoisotopic (exact) mass is 292 g/mol. The van der Waals surface area contributed by atoms with Gasteiger partial charge < -0.3 is 15.8 Å². The minimum Gasteiger partial charge on any atom is -0.389 e. The first-order valence-corrected chi connectivity index (χ1v) is 7.26. The molecule has 4 nitrogen and oxygen atoms in total. The smallest absolute Gasteiger partial charge is 0.230 e. The van der Waals surface area contributed by atoms with Crippen molar-refractivity contribution < 1.29 is 9.53 Å². The highest BCUT2D eigenvalue weighted by Gasteiger charge is 2.32. The molecule has 1 heterocycles. The fourth-order valence-corrected chi connectivity index (χ4v) is 2.61. The van der Waals surface area contributed by atoms with Crippen LogP contribution >= 0.6 is 12.2 Å². The number of carbonyl (C=O) groups excluding carboxylic acids is 1. The van der Waals surface area contributed by atoms with E-state index in [1.165, 1.54) is 0 Å². The van der Waals surface area contributed by atoms with E-state index >= 15 is 0 Å². The summed E-state index contributed by atoms with van der Waals surface area (Å²) in [4.78, 5) is 12.7. The minimum absolute atomic E-state index is 0.0116. The highest BCUT2D eigenvalue weighted by atomic mass is 32.1. The Balaban J connectivity index is 2.15. The lowest BCUT2D eigenvalue weighted by atomic mass is 9.98. The van der Waals surface area contributed by atoms with Gasteiger partial charge in [-0.15, -0.1) is 0 Å². The zero-order valence-corrected chi connectivity index (χ0v) is 12.6. The Labute approximate surface area is 124 Å². The summed E-state index contributed by atoms with van der Waals surface area (Å²) in [5, 5.41) is 2.98. The van der Waals surface area contributed by atoms with Gasteiger partial charge in [0, 0.05) is 17.9 Å². The summed E-state index contributed by atoms with van der Waals surface area (Å²) >= 11 is 4.97. The van der Waals surface area contributed by atoms with E-state index in [1.54, 1.807) is 0 Å². The third-order valence-electron chi connectivity index (χ3n) is 3.73. The number of rotatable bonds is 4. The van der Waals surface area contributed by atoms with Gasteiger partial charge in [-0.3, -0.25) is 4.79 Å². The standard InChI is InChI=1S/C15H20N2O2S/c1-3-13-11(6-7-19-13)15(18)17-12-8-10(14(16)20)5-4-9(12)2/h4-5,8,11,13H,3,6-7H2,1-2H3,(H2,16,20)(H,17,18). The van der Waals surface area contributed by atoms with Crippen molar-refractivity contribution in [1.82, 2.24) is 0 Å². The average molecular weight is 292 g/mol. The number of amides is 1. The Kier molecular flexibility index (Phi) is 4.73. The first kappa shape index (κ1) is 14.9. The number of ether oxygens (including phenoxy) is 1. The average Bonchev–Trinajstić information content (AvgIpc) is 2.89. The summed E-state index contributed by atoms with van der Waals surface area (Å²) in [6, 6.07) is 5.60. The number of nitrogens with one attached hydrogen (secondary N) is 1. The summed E-state index contributed by atoms with van der Waals surface area (Å²) in [5.41, 5.74) is 8.14. The van der Waals surface area contributed by atoms with Crippen LogP contribution in [0.25, 0.3) is 0 Å². The van der Waals surface area contributed by atoms with Crippen molar-refractivity contribution in [2.75, 3.05) is 11.9 Å². The molecule has 0 aliphatic carbocycles. The molecule has 20 heavy (non-hydrogen) atoms. The topological polar surface area (TPSA) is 64.3 Å². The van der Waals surface area contributed by atoms with Crippen LogP contribution in [0.4, 0.5) is 5.69 Å². The van der Waals surface area contributed by atoms with Crippen molar-refractivity contribution in [2.24, 2.45) is 11.7 Å². The molecular weight excluding hydrogens is 272 g/mol. The quantitative estimate of drug-likeness (QED) is 0.836. The predicted molar refractivity (Wildman–Crippen MR) is 83.8 cm³/mol. The number of aryl methyl sites for hydroxylation is 1. The van der Waals surface area contributed by atoms with Crippen molar-refractivity contribution in [3.63, 3.8) is 0 Å². The fraction of sp³-hybridized carbons (Fsp3) is 0.467. The summed E-state index contributed by atoms with van der Waals surface area (Å²) in [6.07, 6.45) is 1.65. The van der Waals surface area contributed by atoms with E-state index in [-0.39, 0.29) is 17.9 Å². The molecule has 1 fully saturated rings. The number of anilines is 1. The molecule has 1 amide bonds. The van der Waals surface area contributed by atoms with Crippen LogP contribution in [0.5, 0.6) is 0 Å². The maximum Gasteiger partial charge on any atom is 0.230 e. The molecule has 0 radical (unpaired) electrons. The number of carbonyl (C=O) groups is 1. The summed E-state index contributed by atoms with van der Waals surface area (Å²) in [6.45, 7) is 4.64. The number of benzene rings is 1. The number of hydrogen-bond donors (Lipinski definition) is 2. The Bertz CT molecular complexity index is 531. The van der Waals surface area contributed by atoms with Crippen LogP contribution in [0.3, 0.4) is 0 Å². The van der Waals surface area contributed by atoms with Gasteiger partial charge in [0.25, 0.3) is 0 Å². The number of thiocarbonyl (C=S) groups is 1. The van der Waals surface area contributed by atoms with Crippen molar-refractivity contribution in [1.29, 1.82) is 0 Å². The molecule has 1 aromatic carbocycles. The van der Waals surface area contributed by atoms with E-state index in [0.29, 0.717) is 11.6 Å². The van der Waals surface area contributed by atoms with E-state index < -0.39 is 0 Å². The molecular formula is C15H20N2O2S. The number of hydrogen-bond acceptors (Lipinski definition) is 3. The van der Waals surface area contributed by atoms with Crippen LogP contribution in [-0.2, 0) is 9.53 Å². The summed E-state index contributed by atoms with van der Waals surface area (Å²) < 4.78 is 5.56. The van der Waals surface area contributed by atoms with Crippen molar-refractivity contribution in [3.8, 4) is 0 Å². The van der Waals surface area contributed by atoms with Crippen molar-refractivity contribution in [2.45, 2.75) is 32.8 Å². The van der Waals surface area contributed by atoms with Crippen LogP contribution < -0.4 is 11.1 Å². The lowest BCUT2D eigenvalue weighted by Crippen LogP contribution is -2.29. The molecule has 3 N–H and O–H groups in total. The van der Waals surface area contributed by atoms with Crippen LogP contribution in [0.15, 0.2) is 18.2 Å². The van der Waals surface area contributed by atoms with Crippen molar-refractivity contribution >= 4 is 28.8 Å². The van der Waals surface area contributed by atoms with E-state index in [4.69, 9.17) is 22.7 Å². The first-order valence-electron chi connectivity index (χ1n) is 6.85. The minimum atomic E-state index is -0.0760. The largest absolute Gasteiger partial charge is 0.389 e. The molecule has 0 saturated carbocycles. The molecule has 0 spiro atoms. The molecule has 2 unspecified atom stereocenters. The van der Waals surface area contributed by atoms with Gasteiger partial charge >= 0.3 is 0 Å². The predicted octanol–water partition coefficient (Wildman–Crippen LogP) is 2.38. The van der Waals surface area contributed by atoms with Gasteiger partial charge in [-0.25, -0.2) is 0 Å². The fourth-order valence-electron chi connectivity index (χ4n) is 2.49. The SMILES string of the molecule is CCC1OCCC1C(=O)Nc1cc(C(N)=S)ccc1C. The Hall–Kier alpha value is -1.46. The molecule has 0 bridgehead atoms. The van der Waals surface area contributed by atoms with Gasteiger partial charge in [0.05, 0.1) is 12.0 Å². The zero-order chi connectivity index (χ0) is 14.7. The maximum atomic E-state index is 12.4. The van der Waals surface area contributed by atoms with Gasteiger partial charge in [0.15, 0.2) is 0 Å². The molecule has 2 atom stereocenters. The molecule has 5 heteroatoms. The lowest BCUT2D eigenvalue weighted by molar-refractivity contribution is -0.121. The maximum absolute atomic E-state index is 12.4. The molecule has 1 saturated heterocycles. The van der Waals surface area contributed by atoms with Gasteiger partial charge in [0.1, 0.15) is 4.99 Å².